The third-order valence-electron chi connectivity index (χ3n) is 6.06. The molecule has 2 fully saturated rings. The first kappa shape index (κ1) is 14.3. The molecule has 2 aromatic rings. The van der Waals surface area contributed by atoms with Crippen LogP contribution in [0.2, 0.25) is 0 Å². The molecule has 22 heavy (non-hydrogen) atoms. The van der Waals surface area contributed by atoms with Crippen molar-refractivity contribution in [3.63, 3.8) is 0 Å². The molecule has 1 aliphatic heterocycles. The Labute approximate surface area is 132 Å². The van der Waals surface area contributed by atoms with Crippen LogP contribution in [0, 0.1) is 11.8 Å². The standard InChI is InChI=1S/C19H27N3/c1-13(22-11-15-8-9-16(12-22)19(15)20)6-7-14-10-21-18-5-3-2-4-17(14)18/h2-5,10,13,15-16,19,21H,6-9,11-12,20H2,1H3/t13-,15-,16+,19?/m0/s1. The molecular formula is C19H27N3. The van der Waals surface area contributed by atoms with E-state index < -0.39 is 0 Å². The first-order chi connectivity index (χ1) is 10.7. The Morgan fingerprint density at radius 2 is 1.95 bits per heavy atom. The molecule has 4 atom stereocenters. The van der Waals surface area contributed by atoms with Crippen LogP contribution in [0.25, 0.3) is 10.9 Å². The van der Waals surface area contributed by atoms with E-state index in [-0.39, 0.29) is 0 Å². The quantitative estimate of drug-likeness (QED) is 0.910. The normalized spacial score (nSPS) is 30.0. The highest BCUT2D eigenvalue weighted by molar-refractivity contribution is 5.82. The van der Waals surface area contributed by atoms with E-state index in [4.69, 9.17) is 5.73 Å². The molecule has 4 rings (SSSR count). The highest BCUT2D eigenvalue weighted by atomic mass is 15.2. The van der Waals surface area contributed by atoms with E-state index in [2.05, 4.69) is 47.3 Å². The topological polar surface area (TPSA) is 45.0 Å². The predicted octanol–water partition coefficient (Wildman–Crippen LogP) is 3.16. The summed E-state index contributed by atoms with van der Waals surface area (Å²) in [4.78, 5) is 6.09. The van der Waals surface area contributed by atoms with Gasteiger partial charge in [0.2, 0.25) is 0 Å². The summed E-state index contributed by atoms with van der Waals surface area (Å²) >= 11 is 0. The van der Waals surface area contributed by atoms with Crippen molar-refractivity contribution in [2.24, 2.45) is 17.6 Å². The minimum atomic E-state index is 0.470. The van der Waals surface area contributed by atoms with Crippen molar-refractivity contribution in [3.8, 4) is 0 Å². The van der Waals surface area contributed by atoms with E-state index >= 15 is 0 Å². The number of hydrogen-bond donors (Lipinski definition) is 2. The molecule has 2 aliphatic rings. The van der Waals surface area contributed by atoms with Gasteiger partial charge in [-0.2, -0.15) is 0 Å². The van der Waals surface area contributed by atoms with Gasteiger partial charge in [-0.15, -0.1) is 0 Å². The third kappa shape index (κ3) is 2.46. The van der Waals surface area contributed by atoms with E-state index in [1.54, 1.807) is 0 Å². The summed E-state index contributed by atoms with van der Waals surface area (Å²) in [7, 11) is 0. The molecule has 118 valence electrons. The zero-order valence-corrected chi connectivity index (χ0v) is 13.5. The Morgan fingerprint density at radius 3 is 2.73 bits per heavy atom. The lowest BCUT2D eigenvalue weighted by Crippen LogP contribution is -2.51. The number of nitrogens with two attached hydrogens (primary N) is 1. The van der Waals surface area contributed by atoms with E-state index in [0.717, 1.165) is 18.3 Å². The van der Waals surface area contributed by atoms with Crippen molar-refractivity contribution in [1.82, 2.24) is 9.88 Å². The lowest BCUT2D eigenvalue weighted by molar-refractivity contribution is 0.105. The second-order valence-electron chi connectivity index (χ2n) is 7.38. The van der Waals surface area contributed by atoms with Crippen LogP contribution in [-0.4, -0.2) is 35.1 Å². The van der Waals surface area contributed by atoms with Crippen LogP contribution in [0.5, 0.6) is 0 Å². The van der Waals surface area contributed by atoms with Gasteiger partial charge in [0.15, 0.2) is 0 Å². The number of para-hydroxylation sites is 1. The molecule has 3 N–H and O–H groups in total. The monoisotopic (exact) mass is 297 g/mol. The Morgan fingerprint density at radius 1 is 1.23 bits per heavy atom. The maximum atomic E-state index is 6.33. The van der Waals surface area contributed by atoms with Crippen LogP contribution in [0.4, 0.5) is 0 Å². The van der Waals surface area contributed by atoms with E-state index in [1.807, 2.05) is 0 Å². The van der Waals surface area contributed by atoms with Gasteiger partial charge in [0.25, 0.3) is 0 Å². The second kappa shape index (κ2) is 5.71. The Hall–Kier alpha value is -1.32. The number of rotatable bonds is 4. The number of nitrogens with one attached hydrogen (secondary N) is 1. The zero-order chi connectivity index (χ0) is 15.1. The number of piperidine rings is 1. The average molecular weight is 297 g/mol. The van der Waals surface area contributed by atoms with Crippen LogP contribution < -0.4 is 5.73 Å². The molecule has 1 aromatic carbocycles. The number of nitrogens with zero attached hydrogens (tertiary/aromatic N) is 1. The Kier molecular flexibility index (Phi) is 3.71. The first-order valence-electron chi connectivity index (χ1n) is 8.77. The summed E-state index contributed by atoms with van der Waals surface area (Å²) in [6.07, 6.45) is 7.27. The van der Waals surface area contributed by atoms with Gasteiger partial charge in [0, 0.05) is 42.3 Å². The Balaban J connectivity index is 1.39. The van der Waals surface area contributed by atoms with Crippen LogP contribution in [-0.2, 0) is 6.42 Å². The predicted molar refractivity (Wildman–Crippen MR) is 91.8 cm³/mol. The van der Waals surface area contributed by atoms with E-state index in [9.17, 15) is 0 Å². The summed E-state index contributed by atoms with van der Waals surface area (Å²) in [5.41, 5.74) is 9.04. The maximum Gasteiger partial charge on any atom is 0.0456 e. The van der Waals surface area contributed by atoms with Crippen LogP contribution in [0.1, 0.15) is 31.7 Å². The Bertz CT molecular complexity index is 633. The van der Waals surface area contributed by atoms with Crippen molar-refractivity contribution < 1.29 is 0 Å². The molecule has 2 bridgehead atoms. The van der Waals surface area contributed by atoms with Gasteiger partial charge >= 0.3 is 0 Å². The van der Waals surface area contributed by atoms with Crippen LogP contribution in [0.3, 0.4) is 0 Å². The second-order valence-corrected chi connectivity index (χ2v) is 7.38. The lowest BCUT2D eigenvalue weighted by Gasteiger charge is -2.39. The van der Waals surface area contributed by atoms with E-state index in [1.165, 1.54) is 48.8 Å². The fraction of sp³-hybridized carbons (Fsp3) is 0.579. The number of aromatic nitrogens is 1. The number of fused-ring (bicyclic) bond motifs is 3. The summed E-state index contributed by atoms with van der Waals surface area (Å²) in [5, 5.41) is 1.38. The van der Waals surface area contributed by atoms with Gasteiger partial charge in [0.05, 0.1) is 0 Å². The summed E-state index contributed by atoms with van der Waals surface area (Å²) < 4.78 is 0. The third-order valence-corrected chi connectivity index (χ3v) is 6.06. The van der Waals surface area contributed by atoms with Crippen LogP contribution in [0.15, 0.2) is 30.5 Å². The molecule has 1 aromatic heterocycles. The van der Waals surface area contributed by atoms with Crippen molar-refractivity contribution in [2.75, 3.05) is 13.1 Å². The molecule has 0 radical (unpaired) electrons. The van der Waals surface area contributed by atoms with Crippen LogP contribution >= 0.6 is 0 Å². The smallest absolute Gasteiger partial charge is 0.0456 e. The number of aromatic amines is 1. The maximum absolute atomic E-state index is 6.33. The fourth-order valence-corrected chi connectivity index (χ4v) is 4.55. The molecule has 3 nitrogen and oxygen atoms in total. The van der Waals surface area contributed by atoms with Gasteiger partial charge in [-0.3, -0.25) is 4.90 Å². The van der Waals surface area contributed by atoms with Crippen molar-refractivity contribution in [2.45, 2.75) is 44.7 Å². The zero-order valence-electron chi connectivity index (χ0n) is 13.5. The highest BCUT2D eigenvalue weighted by Gasteiger charge is 2.40. The van der Waals surface area contributed by atoms with Gasteiger partial charge in [-0.1, -0.05) is 18.2 Å². The summed E-state index contributed by atoms with van der Waals surface area (Å²) in [5.74, 6) is 1.49. The highest BCUT2D eigenvalue weighted by Crippen LogP contribution is 2.36. The van der Waals surface area contributed by atoms with Gasteiger partial charge < -0.3 is 10.7 Å². The van der Waals surface area contributed by atoms with Gasteiger partial charge in [0.1, 0.15) is 0 Å². The molecule has 1 aliphatic carbocycles. The number of likely N-dealkylation sites (tertiary alicyclic amines) is 1. The summed E-state index contributed by atoms with van der Waals surface area (Å²) in [6.45, 7) is 4.82. The number of H-pyrrole nitrogens is 1. The largest absolute Gasteiger partial charge is 0.361 e. The molecule has 1 saturated heterocycles. The average Bonchev–Trinajstić information content (AvgIpc) is 3.01. The molecular weight excluding hydrogens is 270 g/mol. The summed E-state index contributed by atoms with van der Waals surface area (Å²) in [6, 6.07) is 9.74. The first-order valence-corrected chi connectivity index (χ1v) is 8.77. The van der Waals surface area contributed by atoms with Crippen molar-refractivity contribution >= 4 is 10.9 Å². The van der Waals surface area contributed by atoms with E-state index in [0.29, 0.717) is 12.1 Å². The SMILES string of the molecule is C[C@@H](CCc1c[nH]c2ccccc12)N1C[C@H]2CC[C@@H](C1)C2N. The molecule has 3 heteroatoms. The lowest BCUT2D eigenvalue weighted by atomic mass is 9.91. The molecule has 1 saturated carbocycles. The van der Waals surface area contributed by atoms with Gasteiger partial charge in [-0.25, -0.2) is 0 Å². The molecule has 1 unspecified atom stereocenters. The minimum Gasteiger partial charge on any atom is -0.361 e. The molecule has 2 heterocycles. The number of benzene rings is 1. The van der Waals surface area contributed by atoms with Gasteiger partial charge in [-0.05, 0) is 56.1 Å². The number of aryl methyl sites for hydroxylation is 1. The molecule has 0 spiro atoms. The van der Waals surface area contributed by atoms with Crippen molar-refractivity contribution in [3.05, 3.63) is 36.0 Å². The number of hydrogen-bond acceptors (Lipinski definition) is 2. The minimum absolute atomic E-state index is 0.470. The van der Waals surface area contributed by atoms with Crippen molar-refractivity contribution in [1.29, 1.82) is 0 Å². The fourth-order valence-electron chi connectivity index (χ4n) is 4.55. The molecule has 0 amide bonds.